The van der Waals surface area contributed by atoms with E-state index in [4.69, 9.17) is 14.3 Å². The predicted molar refractivity (Wildman–Crippen MR) is 119 cm³/mol. The second-order valence-electron chi connectivity index (χ2n) is 6.50. The molecule has 0 aromatic heterocycles. The van der Waals surface area contributed by atoms with Crippen molar-refractivity contribution in [1.29, 1.82) is 0 Å². The van der Waals surface area contributed by atoms with E-state index in [1.807, 2.05) is 43.3 Å². The van der Waals surface area contributed by atoms with Crippen molar-refractivity contribution in [3.8, 4) is 5.75 Å². The fraction of sp³-hybridized carbons (Fsp3) is 0.348. The molecular formula is C23H29N3O5. The minimum Gasteiger partial charge on any atom is -0.507 e. The van der Waals surface area contributed by atoms with Gasteiger partial charge in [0.05, 0.1) is 19.7 Å². The molecule has 0 bridgehead atoms. The molecule has 0 saturated heterocycles. The molecule has 2 aromatic carbocycles. The Morgan fingerprint density at radius 1 is 1.06 bits per heavy atom. The van der Waals surface area contributed by atoms with E-state index in [-0.39, 0.29) is 25.5 Å². The number of aromatic hydroxyl groups is 1. The number of benzene rings is 2. The van der Waals surface area contributed by atoms with E-state index in [9.17, 15) is 9.90 Å². The molecule has 8 nitrogen and oxygen atoms in total. The van der Waals surface area contributed by atoms with Gasteiger partial charge in [0, 0.05) is 25.2 Å². The highest BCUT2D eigenvalue weighted by Gasteiger charge is 2.15. The number of nitrogens with zero attached hydrogens (tertiary/aromatic N) is 3. The zero-order valence-electron chi connectivity index (χ0n) is 17.9. The van der Waals surface area contributed by atoms with E-state index in [0.29, 0.717) is 31.2 Å². The molecule has 2 rings (SSSR count). The molecule has 0 saturated carbocycles. The molecule has 0 radical (unpaired) electrons. The van der Waals surface area contributed by atoms with Gasteiger partial charge in [0.1, 0.15) is 19.0 Å². The molecule has 166 valence electrons. The molecule has 0 aliphatic rings. The fourth-order valence-corrected chi connectivity index (χ4v) is 2.57. The van der Waals surface area contributed by atoms with Crippen LogP contribution in [0, 0.1) is 0 Å². The van der Waals surface area contributed by atoms with E-state index in [0.717, 1.165) is 5.56 Å². The maximum absolute atomic E-state index is 12.6. The van der Waals surface area contributed by atoms with E-state index < -0.39 is 6.09 Å². The topological polar surface area (TPSA) is 93.0 Å². The van der Waals surface area contributed by atoms with Crippen molar-refractivity contribution < 1.29 is 24.2 Å². The number of phenolic OH excluding ortho intramolecular Hbond substituents is 1. The Labute approximate surface area is 182 Å². The SMILES string of the molecule is CCO/C(C)=N/OCCN(CCN=Cc1ccccc1O)C(=O)OCc1ccccc1. The summed E-state index contributed by atoms with van der Waals surface area (Å²) in [4.78, 5) is 23.6. The van der Waals surface area contributed by atoms with Crippen LogP contribution in [-0.4, -0.2) is 61.1 Å². The molecule has 0 heterocycles. The molecule has 0 aliphatic carbocycles. The molecule has 8 heteroatoms. The summed E-state index contributed by atoms with van der Waals surface area (Å²) < 4.78 is 10.6. The number of carbonyl (C=O) groups is 1. The lowest BCUT2D eigenvalue weighted by Gasteiger charge is -2.20. The largest absolute Gasteiger partial charge is 0.507 e. The average Bonchev–Trinajstić information content (AvgIpc) is 2.78. The van der Waals surface area contributed by atoms with Gasteiger partial charge in [0.2, 0.25) is 5.90 Å². The number of aliphatic imine (C=N–C) groups is 1. The van der Waals surface area contributed by atoms with Gasteiger partial charge < -0.3 is 24.3 Å². The van der Waals surface area contributed by atoms with Crippen LogP contribution in [-0.2, 0) is 20.9 Å². The summed E-state index contributed by atoms with van der Waals surface area (Å²) in [5.41, 5.74) is 1.52. The standard InChI is InChI=1S/C23H29N3O5/c1-3-29-19(2)25-31-16-15-26(23(28)30-18-20-9-5-4-6-10-20)14-13-24-17-21-11-7-8-12-22(21)27/h4-12,17,27H,3,13-16,18H2,1-2H3/b24-17?,25-19+. The number of carbonyl (C=O) groups excluding carboxylic acids is 1. The van der Waals surface area contributed by atoms with Crippen LogP contribution >= 0.6 is 0 Å². The average molecular weight is 428 g/mol. The third-order valence-corrected chi connectivity index (χ3v) is 4.13. The Balaban J connectivity index is 1.89. The molecule has 2 aromatic rings. The van der Waals surface area contributed by atoms with Crippen molar-refractivity contribution in [2.75, 3.05) is 32.8 Å². The van der Waals surface area contributed by atoms with Crippen LogP contribution < -0.4 is 0 Å². The van der Waals surface area contributed by atoms with Crippen LogP contribution in [0.2, 0.25) is 0 Å². The van der Waals surface area contributed by atoms with Crippen LogP contribution in [0.3, 0.4) is 0 Å². The molecule has 1 amide bonds. The minimum atomic E-state index is -0.462. The Morgan fingerprint density at radius 2 is 1.81 bits per heavy atom. The number of rotatable bonds is 11. The van der Waals surface area contributed by atoms with Crippen molar-refractivity contribution in [3.05, 3.63) is 65.7 Å². The van der Waals surface area contributed by atoms with Crippen molar-refractivity contribution in [1.82, 2.24) is 4.90 Å². The lowest BCUT2D eigenvalue weighted by Crippen LogP contribution is -2.36. The highest BCUT2D eigenvalue weighted by molar-refractivity contribution is 5.83. The zero-order valence-corrected chi connectivity index (χ0v) is 17.9. The Morgan fingerprint density at radius 3 is 2.55 bits per heavy atom. The molecule has 1 N–H and O–H groups in total. The maximum atomic E-state index is 12.6. The van der Waals surface area contributed by atoms with Crippen LogP contribution in [0.5, 0.6) is 5.75 Å². The number of ether oxygens (including phenoxy) is 2. The number of amides is 1. The predicted octanol–water partition coefficient (Wildman–Crippen LogP) is 3.84. The number of phenols is 1. The third-order valence-electron chi connectivity index (χ3n) is 4.13. The first-order chi connectivity index (χ1) is 15.1. The summed E-state index contributed by atoms with van der Waals surface area (Å²) in [6.45, 7) is 5.38. The van der Waals surface area contributed by atoms with Crippen molar-refractivity contribution in [3.63, 3.8) is 0 Å². The Hall–Kier alpha value is -3.55. The zero-order chi connectivity index (χ0) is 22.3. The van der Waals surface area contributed by atoms with Crippen LogP contribution in [0.15, 0.2) is 64.7 Å². The lowest BCUT2D eigenvalue weighted by molar-refractivity contribution is 0.0722. The van der Waals surface area contributed by atoms with Gasteiger partial charge in [0.15, 0.2) is 0 Å². The summed E-state index contributed by atoms with van der Waals surface area (Å²) in [6.07, 6.45) is 1.12. The lowest BCUT2D eigenvalue weighted by atomic mass is 10.2. The van der Waals surface area contributed by atoms with Crippen molar-refractivity contribution in [2.24, 2.45) is 10.1 Å². The fourth-order valence-electron chi connectivity index (χ4n) is 2.57. The summed E-state index contributed by atoms with van der Waals surface area (Å²) in [7, 11) is 0. The van der Waals surface area contributed by atoms with Gasteiger partial charge in [-0.3, -0.25) is 4.99 Å². The normalized spacial score (nSPS) is 11.4. The number of hydrogen-bond donors (Lipinski definition) is 1. The molecule has 0 aliphatic heterocycles. The van der Waals surface area contributed by atoms with E-state index >= 15 is 0 Å². The maximum Gasteiger partial charge on any atom is 0.410 e. The Bertz CT molecular complexity index is 855. The molecule has 0 fully saturated rings. The summed E-state index contributed by atoms with van der Waals surface area (Å²) >= 11 is 0. The molecule has 0 unspecified atom stereocenters. The summed E-state index contributed by atoms with van der Waals surface area (Å²) in [5, 5.41) is 13.6. The van der Waals surface area contributed by atoms with Crippen LogP contribution in [0.25, 0.3) is 0 Å². The van der Waals surface area contributed by atoms with Gasteiger partial charge in [-0.05, 0) is 24.6 Å². The third kappa shape index (κ3) is 9.20. The highest BCUT2D eigenvalue weighted by Crippen LogP contribution is 2.12. The molecule has 0 spiro atoms. The summed E-state index contributed by atoms with van der Waals surface area (Å²) in [6, 6.07) is 16.4. The monoisotopic (exact) mass is 427 g/mol. The quantitative estimate of drug-likeness (QED) is 0.255. The van der Waals surface area contributed by atoms with E-state index in [1.54, 1.807) is 31.3 Å². The number of oxime groups is 1. The van der Waals surface area contributed by atoms with E-state index in [2.05, 4.69) is 10.1 Å². The molecular weight excluding hydrogens is 398 g/mol. The smallest absolute Gasteiger partial charge is 0.410 e. The van der Waals surface area contributed by atoms with Gasteiger partial charge in [-0.25, -0.2) is 4.79 Å². The first-order valence-electron chi connectivity index (χ1n) is 10.1. The number of hydrogen-bond acceptors (Lipinski definition) is 7. The van der Waals surface area contributed by atoms with Gasteiger partial charge in [0.25, 0.3) is 0 Å². The minimum absolute atomic E-state index is 0.154. The highest BCUT2D eigenvalue weighted by atomic mass is 16.6. The molecule has 0 atom stereocenters. The first kappa shape index (κ1) is 23.7. The van der Waals surface area contributed by atoms with Crippen molar-refractivity contribution >= 4 is 18.2 Å². The number of para-hydroxylation sites is 1. The van der Waals surface area contributed by atoms with Crippen LogP contribution in [0.4, 0.5) is 4.79 Å². The molecule has 31 heavy (non-hydrogen) atoms. The van der Waals surface area contributed by atoms with Gasteiger partial charge >= 0.3 is 6.09 Å². The van der Waals surface area contributed by atoms with Gasteiger partial charge in [-0.15, -0.1) is 0 Å². The Kier molecular flexibility index (Phi) is 10.4. The van der Waals surface area contributed by atoms with Crippen LogP contribution in [0.1, 0.15) is 25.0 Å². The second kappa shape index (κ2) is 13.6. The van der Waals surface area contributed by atoms with Gasteiger partial charge in [-0.1, -0.05) is 47.6 Å². The second-order valence-corrected chi connectivity index (χ2v) is 6.50. The summed E-state index contributed by atoms with van der Waals surface area (Å²) in [5.74, 6) is 0.578. The van der Waals surface area contributed by atoms with Gasteiger partial charge in [-0.2, -0.15) is 0 Å². The van der Waals surface area contributed by atoms with E-state index in [1.165, 1.54) is 4.90 Å². The van der Waals surface area contributed by atoms with Crippen molar-refractivity contribution in [2.45, 2.75) is 20.5 Å². The first-order valence-corrected chi connectivity index (χ1v) is 10.1.